The highest BCUT2D eigenvalue weighted by Crippen LogP contribution is 2.20. The molecule has 0 aromatic carbocycles. The molecule has 0 nitrogen and oxygen atoms in total. The highest BCUT2D eigenvalue weighted by molar-refractivity contribution is 6.88. The average Bonchev–Trinajstić information content (AvgIpc) is 1.91. The molecule has 0 aromatic heterocycles. The lowest BCUT2D eigenvalue weighted by Gasteiger charge is -2.23. The van der Waals surface area contributed by atoms with Crippen LogP contribution in [0.3, 0.4) is 0 Å². The Balaban J connectivity index is 5.16. The lowest BCUT2D eigenvalue weighted by atomic mass is 10.6. The first-order chi connectivity index (χ1) is 6.81. The van der Waals surface area contributed by atoms with Crippen molar-refractivity contribution >= 4 is 24.2 Å². The molecular weight excluding hydrogens is 240 g/mol. The van der Waals surface area contributed by atoms with E-state index in [0.29, 0.717) is 0 Å². The predicted octanol–water partition coefficient (Wildman–Crippen LogP) is 5.10. The van der Waals surface area contributed by atoms with Gasteiger partial charge in [-0.05, 0) is 0 Å². The van der Waals surface area contributed by atoms with Crippen LogP contribution in [-0.2, 0) is 0 Å². The fourth-order valence-electron chi connectivity index (χ4n) is 1.32. The number of rotatable bonds is 4. The van der Waals surface area contributed by atoms with Gasteiger partial charge in [0.15, 0.2) is 0 Å². The predicted molar refractivity (Wildman–Crippen MR) is 87.3 cm³/mol. The molecule has 94 valence electrons. The van der Waals surface area contributed by atoms with Crippen molar-refractivity contribution in [1.29, 1.82) is 0 Å². The third-order valence-corrected chi connectivity index (χ3v) is 6.89. The molecule has 16 heavy (non-hydrogen) atoms. The summed E-state index contributed by atoms with van der Waals surface area (Å²) < 4.78 is 0. The Hall–Kier alpha value is 0.131. The van der Waals surface area contributed by atoms with Crippen LogP contribution in [0, 0.1) is 0 Å². The Kier molecular flexibility index (Phi) is 5.23. The first-order valence-corrected chi connectivity index (χ1v) is 16.9. The van der Waals surface area contributed by atoms with Gasteiger partial charge in [-0.1, -0.05) is 81.6 Å². The summed E-state index contributed by atoms with van der Waals surface area (Å²) >= 11 is 0. The summed E-state index contributed by atoms with van der Waals surface area (Å²) in [5, 5.41) is 1.66. The van der Waals surface area contributed by atoms with E-state index in [4.69, 9.17) is 0 Å². The maximum Gasteiger partial charge on any atom is 0.0766 e. The molecule has 0 amide bonds. The largest absolute Gasteiger partial charge is 0.0957 e. The van der Waals surface area contributed by atoms with Gasteiger partial charge < -0.3 is 0 Å². The molecule has 0 aliphatic rings. The minimum atomic E-state index is -1.16. The first-order valence-electron chi connectivity index (χ1n) is 6.24. The van der Waals surface area contributed by atoms with Crippen molar-refractivity contribution in [3.8, 4) is 0 Å². The van der Waals surface area contributed by atoms with E-state index < -0.39 is 24.2 Å². The molecular formula is C13H30Si3. The van der Waals surface area contributed by atoms with E-state index >= 15 is 0 Å². The second kappa shape index (κ2) is 5.19. The fourth-order valence-corrected chi connectivity index (χ4v) is 6.81. The van der Waals surface area contributed by atoms with Crippen molar-refractivity contribution in [3.63, 3.8) is 0 Å². The zero-order chi connectivity index (χ0) is 13.2. The molecule has 0 rings (SSSR count). The van der Waals surface area contributed by atoms with E-state index in [1.54, 1.807) is 5.20 Å². The normalized spacial score (nSPS) is 15.9. The Morgan fingerprint density at radius 3 is 1.38 bits per heavy atom. The van der Waals surface area contributed by atoms with Gasteiger partial charge in [-0.2, -0.15) is 0 Å². The highest BCUT2D eigenvalue weighted by Gasteiger charge is 2.21. The molecule has 0 bridgehead atoms. The number of hydrogen-bond donors (Lipinski definition) is 0. The molecule has 3 heteroatoms. The lowest BCUT2D eigenvalue weighted by molar-refractivity contribution is 1.63. The van der Waals surface area contributed by atoms with Gasteiger partial charge in [0.2, 0.25) is 0 Å². The van der Waals surface area contributed by atoms with Gasteiger partial charge in [0.1, 0.15) is 0 Å². The van der Waals surface area contributed by atoms with Crippen LogP contribution >= 0.6 is 0 Å². The van der Waals surface area contributed by atoms with Crippen molar-refractivity contribution in [2.24, 2.45) is 0 Å². The molecule has 0 atom stereocenters. The summed E-state index contributed by atoms with van der Waals surface area (Å²) in [6, 6.07) is 0. The van der Waals surface area contributed by atoms with Crippen LogP contribution in [0.4, 0.5) is 0 Å². The molecule has 0 heterocycles. The van der Waals surface area contributed by atoms with E-state index in [1.807, 2.05) is 0 Å². The van der Waals surface area contributed by atoms with Gasteiger partial charge in [0.05, 0.1) is 24.2 Å². The monoisotopic (exact) mass is 270 g/mol. The van der Waals surface area contributed by atoms with Crippen LogP contribution in [0.25, 0.3) is 0 Å². The highest BCUT2D eigenvalue weighted by atomic mass is 28.3. The molecule has 0 saturated carbocycles. The number of hydrogen-bond acceptors (Lipinski definition) is 0. The quantitative estimate of drug-likeness (QED) is 0.492. The second-order valence-electron chi connectivity index (χ2n) is 7.92. The third kappa shape index (κ3) is 8.30. The van der Waals surface area contributed by atoms with Crippen molar-refractivity contribution < 1.29 is 0 Å². The van der Waals surface area contributed by atoms with Crippen molar-refractivity contribution in [1.82, 2.24) is 0 Å². The van der Waals surface area contributed by atoms with E-state index in [2.05, 4.69) is 76.4 Å². The lowest BCUT2D eigenvalue weighted by Crippen LogP contribution is -2.28. The van der Waals surface area contributed by atoms with Gasteiger partial charge in [-0.25, -0.2) is 0 Å². The van der Waals surface area contributed by atoms with Crippen LogP contribution in [0.2, 0.25) is 58.9 Å². The maximum atomic E-state index is 2.61. The molecule has 0 fully saturated rings. The third-order valence-electron chi connectivity index (χ3n) is 2.22. The summed E-state index contributed by atoms with van der Waals surface area (Å²) in [6.07, 6.45) is 2.46. The SMILES string of the molecule is C[Si](C)(C)/C=C/C(=C\[Si](C)(C)C)[Si](C)(C)C. The first kappa shape index (κ1) is 16.1. The van der Waals surface area contributed by atoms with Gasteiger partial charge in [-0.3, -0.25) is 0 Å². The molecule has 0 saturated heterocycles. The summed E-state index contributed by atoms with van der Waals surface area (Å²) in [4.78, 5) is 0. The summed E-state index contributed by atoms with van der Waals surface area (Å²) in [5.41, 5.74) is 5.10. The second-order valence-corrected chi connectivity index (χ2v) is 23.1. The van der Waals surface area contributed by atoms with Crippen LogP contribution in [0.15, 0.2) is 22.7 Å². The van der Waals surface area contributed by atoms with Gasteiger partial charge in [0.25, 0.3) is 0 Å². The Morgan fingerprint density at radius 1 is 0.688 bits per heavy atom. The van der Waals surface area contributed by atoms with Gasteiger partial charge in [-0.15, -0.1) is 0 Å². The average molecular weight is 271 g/mol. The van der Waals surface area contributed by atoms with Crippen molar-refractivity contribution in [2.75, 3.05) is 0 Å². The van der Waals surface area contributed by atoms with Crippen LogP contribution in [0.1, 0.15) is 0 Å². The minimum Gasteiger partial charge on any atom is -0.0957 e. The van der Waals surface area contributed by atoms with Crippen LogP contribution < -0.4 is 0 Å². The molecule has 0 aromatic rings. The number of allylic oxidation sites excluding steroid dienone is 2. The molecule has 0 aliphatic heterocycles. The summed E-state index contributed by atoms with van der Waals surface area (Å²) in [5.74, 6) is 0. The molecule has 0 N–H and O–H groups in total. The zero-order valence-corrected chi connectivity index (χ0v) is 15.7. The smallest absolute Gasteiger partial charge is 0.0766 e. The maximum absolute atomic E-state index is 2.61. The standard InChI is InChI=1S/C13H30Si3/c1-14(2,3)11-10-13(16(7,8)9)12-15(4,5)6/h10-12H,1-9H3/b11-10+,13-12+. The van der Waals surface area contributed by atoms with E-state index in [-0.39, 0.29) is 0 Å². The van der Waals surface area contributed by atoms with Crippen molar-refractivity contribution in [3.05, 3.63) is 22.7 Å². The summed E-state index contributed by atoms with van der Waals surface area (Å²) in [7, 11) is -3.31. The van der Waals surface area contributed by atoms with Crippen LogP contribution in [0.5, 0.6) is 0 Å². The Labute approximate surface area is 106 Å². The molecule has 0 radical (unpaired) electrons. The van der Waals surface area contributed by atoms with Gasteiger partial charge in [0, 0.05) is 0 Å². The topological polar surface area (TPSA) is 0 Å². The van der Waals surface area contributed by atoms with E-state index in [9.17, 15) is 0 Å². The molecule has 0 unspecified atom stereocenters. The van der Waals surface area contributed by atoms with E-state index in [0.717, 1.165) is 0 Å². The Bertz CT molecular complexity index is 280. The summed E-state index contributed by atoms with van der Waals surface area (Å²) in [6.45, 7) is 21.8. The molecule has 0 aliphatic carbocycles. The fraction of sp³-hybridized carbons (Fsp3) is 0.692. The van der Waals surface area contributed by atoms with Crippen LogP contribution in [-0.4, -0.2) is 24.2 Å². The minimum absolute atomic E-state index is 1.06. The zero-order valence-electron chi connectivity index (χ0n) is 12.7. The van der Waals surface area contributed by atoms with Crippen molar-refractivity contribution in [2.45, 2.75) is 58.9 Å². The molecule has 0 spiro atoms. The van der Waals surface area contributed by atoms with E-state index in [1.165, 1.54) is 0 Å². The van der Waals surface area contributed by atoms with Gasteiger partial charge >= 0.3 is 0 Å². The Morgan fingerprint density at radius 2 is 1.12 bits per heavy atom.